The fraction of sp³-hybridized carbons (Fsp3) is 0. The average Bonchev–Trinajstić information content (AvgIpc) is 3.66. The van der Waals surface area contributed by atoms with Gasteiger partial charge in [0.05, 0.1) is 11.6 Å². The van der Waals surface area contributed by atoms with Crippen LogP contribution in [-0.4, -0.2) is 15.0 Å². The minimum atomic E-state index is 0.627. The van der Waals surface area contributed by atoms with Crippen molar-refractivity contribution < 1.29 is 0 Å². The molecule has 0 unspecified atom stereocenters. The molecule has 4 heteroatoms. The Hall–Kier alpha value is -8.26. The molecule has 10 aromatic rings. The lowest BCUT2D eigenvalue weighted by Crippen LogP contribution is -2.00. The van der Waals surface area contributed by atoms with E-state index in [1.165, 1.54) is 33.0 Å². The lowest BCUT2D eigenvalue weighted by atomic mass is 9.87. The fourth-order valence-corrected chi connectivity index (χ4v) is 8.64. The van der Waals surface area contributed by atoms with Gasteiger partial charge >= 0.3 is 0 Å². The van der Waals surface area contributed by atoms with Gasteiger partial charge in [-0.15, -0.1) is 0 Å². The van der Waals surface area contributed by atoms with Gasteiger partial charge < -0.3 is 0 Å². The summed E-state index contributed by atoms with van der Waals surface area (Å²) in [5, 5.41) is 12.9. The summed E-state index contributed by atoms with van der Waals surface area (Å²) in [4.78, 5) is 14.6. The van der Waals surface area contributed by atoms with E-state index < -0.39 is 0 Å². The van der Waals surface area contributed by atoms with Crippen molar-refractivity contribution in [2.45, 2.75) is 0 Å². The Kier molecular flexibility index (Phi) is 8.50. The molecule has 0 aliphatic heterocycles. The topological polar surface area (TPSA) is 62.5 Å². The number of fused-ring (bicyclic) bond motifs is 3. The molecule has 0 bridgehead atoms. The van der Waals surface area contributed by atoms with Crippen LogP contribution in [0.5, 0.6) is 0 Å². The van der Waals surface area contributed by atoms with Crippen molar-refractivity contribution in [1.82, 2.24) is 15.0 Å². The molecule has 0 radical (unpaired) electrons. The molecule has 0 spiro atoms. The van der Waals surface area contributed by atoms with E-state index in [-0.39, 0.29) is 0 Å². The van der Waals surface area contributed by atoms with Crippen LogP contribution in [-0.2, 0) is 0 Å². The van der Waals surface area contributed by atoms with Crippen molar-refractivity contribution in [2.24, 2.45) is 0 Å². The van der Waals surface area contributed by atoms with Crippen LogP contribution >= 0.6 is 0 Å². The molecule has 0 amide bonds. The van der Waals surface area contributed by atoms with Crippen molar-refractivity contribution >= 4 is 10.8 Å². The second-order valence-corrected chi connectivity index (χ2v) is 15.0. The van der Waals surface area contributed by atoms with Crippen LogP contribution in [0.3, 0.4) is 0 Å². The van der Waals surface area contributed by atoms with Crippen LogP contribution in [0.15, 0.2) is 206 Å². The van der Waals surface area contributed by atoms with Crippen molar-refractivity contribution in [3.63, 3.8) is 0 Å². The molecule has 0 N–H and O–H groups in total. The average molecular weight is 763 g/mol. The van der Waals surface area contributed by atoms with E-state index in [0.29, 0.717) is 23.0 Å². The SMILES string of the molecule is N#Cc1ccc(-c2ccc(-c3ccc(-c4nc(-c5ccccc5)nc(-c5ccccc5)n4)cc3)cc2)cc1-c1ccccc1-c1ccc2c3c(cccc13)-c1ccccc1-2. The summed E-state index contributed by atoms with van der Waals surface area (Å²) in [7, 11) is 0. The number of hydrogen-bond donors (Lipinski definition) is 0. The predicted molar refractivity (Wildman–Crippen MR) is 245 cm³/mol. The van der Waals surface area contributed by atoms with Crippen molar-refractivity contribution in [3.8, 4) is 107 Å². The lowest BCUT2D eigenvalue weighted by molar-refractivity contribution is 1.07. The minimum absolute atomic E-state index is 0.627. The second kappa shape index (κ2) is 14.6. The number of hydrogen-bond acceptors (Lipinski definition) is 4. The quantitative estimate of drug-likeness (QED) is 0.162. The van der Waals surface area contributed by atoms with E-state index in [9.17, 15) is 5.26 Å². The molecule has 4 nitrogen and oxygen atoms in total. The number of aromatic nitrogens is 3. The van der Waals surface area contributed by atoms with Gasteiger partial charge in [0.2, 0.25) is 0 Å². The maximum atomic E-state index is 10.4. The summed E-state index contributed by atoms with van der Waals surface area (Å²) in [5.41, 5.74) is 17.1. The van der Waals surface area contributed by atoms with Crippen molar-refractivity contribution in [1.29, 1.82) is 5.26 Å². The first-order chi connectivity index (χ1) is 29.7. The van der Waals surface area contributed by atoms with Crippen LogP contribution in [0.4, 0.5) is 0 Å². The zero-order valence-electron chi connectivity index (χ0n) is 32.4. The monoisotopic (exact) mass is 762 g/mol. The number of nitrogens with zero attached hydrogens (tertiary/aromatic N) is 4. The van der Waals surface area contributed by atoms with E-state index in [1.54, 1.807) is 0 Å². The fourth-order valence-electron chi connectivity index (χ4n) is 8.64. The molecule has 1 aliphatic carbocycles. The maximum Gasteiger partial charge on any atom is 0.164 e. The summed E-state index contributed by atoms with van der Waals surface area (Å²) in [5.74, 6) is 1.91. The van der Waals surface area contributed by atoms with Gasteiger partial charge in [0.25, 0.3) is 0 Å². The molecule has 1 aromatic heterocycles. The summed E-state index contributed by atoms with van der Waals surface area (Å²) in [6, 6.07) is 74.0. The highest BCUT2D eigenvalue weighted by atomic mass is 15.0. The van der Waals surface area contributed by atoms with Gasteiger partial charge in [-0.1, -0.05) is 194 Å². The summed E-state index contributed by atoms with van der Waals surface area (Å²) < 4.78 is 0. The molecular formula is C56H34N4. The molecule has 1 aliphatic rings. The van der Waals surface area contributed by atoms with E-state index >= 15 is 0 Å². The third kappa shape index (κ3) is 6.05. The van der Waals surface area contributed by atoms with Crippen molar-refractivity contribution in [2.75, 3.05) is 0 Å². The maximum absolute atomic E-state index is 10.4. The van der Waals surface area contributed by atoms with Crippen LogP contribution in [0.25, 0.3) is 112 Å². The van der Waals surface area contributed by atoms with Gasteiger partial charge in [-0.25, -0.2) is 15.0 Å². The van der Waals surface area contributed by atoms with Gasteiger partial charge in [0, 0.05) is 22.3 Å². The summed E-state index contributed by atoms with van der Waals surface area (Å²) in [6.45, 7) is 0. The van der Waals surface area contributed by atoms with Gasteiger partial charge in [0.1, 0.15) is 0 Å². The zero-order chi connectivity index (χ0) is 40.0. The van der Waals surface area contributed by atoms with Crippen LogP contribution in [0, 0.1) is 11.3 Å². The van der Waals surface area contributed by atoms with Crippen LogP contribution in [0.1, 0.15) is 5.56 Å². The smallest absolute Gasteiger partial charge is 0.164 e. The normalized spacial score (nSPS) is 11.3. The first-order valence-corrected chi connectivity index (χ1v) is 20.1. The van der Waals surface area contributed by atoms with Crippen molar-refractivity contribution in [3.05, 3.63) is 212 Å². The predicted octanol–water partition coefficient (Wildman–Crippen LogP) is 14.2. The summed E-state index contributed by atoms with van der Waals surface area (Å²) >= 11 is 0. The Labute approximate surface area is 348 Å². The molecule has 0 saturated heterocycles. The minimum Gasteiger partial charge on any atom is -0.208 e. The number of benzene rings is 9. The van der Waals surface area contributed by atoms with Gasteiger partial charge in [0.15, 0.2) is 17.5 Å². The second-order valence-electron chi connectivity index (χ2n) is 15.0. The Morgan fingerprint density at radius 2 is 0.667 bits per heavy atom. The first-order valence-electron chi connectivity index (χ1n) is 20.1. The Morgan fingerprint density at radius 3 is 1.20 bits per heavy atom. The summed E-state index contributed by atoms with van der Waals surface area (Å²) in [6.07, 6.45) is 0. The molecule has 0 fully saturated rings. The van der Waals surface area contributed by atoms with Gasteiger partial charge in [-0.05, 0) is 84.1 Å². The lowest BCUT2D eigenvalue weighted by Gasteiger charge is -2.16. The highest BCUT2D eigenvalue weighted by Crippen LogP contribution is 2.50. The molecule has 11 rings (SSSR count). The third-order valence-corrected chi connectivity index (χ3v) is 11.6. The molecule has 1 heterocycles. The largest absolute Gasteiger partial charge is 0.208 e. The zero-order valence-corrected chi connectivity index (χ0v) is 32.4. The van der Waals surface area contributed by atoms with E-state index in [1.807, 2.05) is 72.8 Å². The van der Waals surface area contributed by atoms with Crippen LogP contribution < -0.4 is 0 Å². The third-order valence-electron chi connectivity index (χ3n) is 11.6. The number of nitriles is 1. The molecule has 0 saturated carbocycles. The van der Waals surface area contributed by atoms with E-state index in [0.717, 1.165) is 61.2 Å². The van der Waals surface area contributed by atoms with Gasteiger partial charge in [-0.3, -0.25) is 0 Å². The van der Waals surface area contributed by atoms with Gasteiger partial charge in [-0.2, -0.15) is 5.26 Å². The number of rotatable bonds is 7. The molecule has 60 heavy (non-hydrogen) atoms. The molecule has 0 atom stereocenters. The highest BCUT2D eigenvalue weighted by Gasteiger charge is 2.23. The highest BCUT2D eigenvalue weighted by molar-refractivity contribution is 6.19. The first kappa shape index (κ1) is 34.9. The van der Waals surface area contributed by atoms with Crippen LogP contribution in [0.2, 0.25) is 0 Å². The Bertz CT molecular complexity index is 3210. The Morgan fingerprint density at radius 1 is 0.283 bits per heavy atom. The Balaban J connectivity index is 0.915. The molecular weight excluding hydrogens is 729 g/mol. The van der Waals surface area contributed by atoms with E-state index in [2.05, 4.69) is 140 Å². The molecule has 278 valence electrons. The standard InChI is InChI=1S/C56H34N4/c57-35-43-31-30-42(34-52(43)47-19-10-7-16-44(47)48-32-33-51-46-18-9-8-17-45(46)49-20-11-21-50(48)53(49)51)38-24-22-36(23-25-38)37-26-28-41(29-27-37)56-59-54(39-12-3-1-4-13-39)58-55(60-56)40-14-5-2-6-15-40/h1-34H. The molecule has 9 aromatic carbocycles. The van der Waals surface area contributed by atoms with E-state index in [4.69, 9.17) is 15.0 Å².